The van der Waals surface area contributed by atoms with Crippen LogP contribution < -0.4 is 10.2 Å². The zero-order valence-corrected chi connectivity index (χ0v) is 16.2. The molecule has 0 spiro atoms. The van der Waals surface area contributed by atoms with E-state index in [0.717, 1.165) is 48.9 Å². The summed E-state index contributed by atoms with van der Waals surface area (Å²) < 4.78 is 4.09. The third kappa shape index (κ3) is 5.14. The molecule has 0 saturated carbocycles. The lowest BCUT2D eigenvalue weighted by Gasteiger charge is -2.28. The van der Waals surface area contributed by atoms with Crippen LogP contribution in [0.25, 0.3) is 11.1 Å². The second-order valence-electron chi connectivity index (χ2n) is 6.00. The molecule has 0 aliphatic carbocycles. The average Bonchev–Trinajstić information content (AvgIpc) is 2.61. The Morgan fingerprint density at radius 3 is 2.64 bits per heavy atom. The summed E-state index contributed by atoms with van der Waals surface area (Å²) in [5, 5.41) is 3.16. The molecule has 1 aliphatic heterocycles. The molecule has 2 aromatic rings. The van der Waals surface area contributed by atoms with E-state index in [4.69, 9.17) is 39.5 Å². The molecule has 1 aromatic heterocycles. The van der Waals surface area contributed by atoms with E-state index in [9.17, 15) is 0 Å². The predicted molar refractivity (Wildman–Crippen MR) is 106 cm³/mol. The number of anilines is 2. The summed E-state index contributed by atoms with van der Waals surface area (Å²) in [6.45, 7) is 5.53. The summed E-state index contributed by atoms with van der Waals surface area (Å²) in [4.78, 5) is 6.76. The standard InChI is InChI=1S/C18H20Cl3N3O/c1-13-2-3-15(23-12-18(19,20)21)11-16(13)14-4-5-22-17(10-14)24-6-8-25-9-7-24/h2-5,10-11,23H,6-9,12H2,1H3. The van der Waals surface area contributed by atoms with E-state index in [-0.39, 0.29) is 6.54 Å². The maximum Gasteiger partial charge on any atom is 0.207 e. The number of halogens is 3. The molecule has 0 amide bonds. The normalized spacial score (nSPS) is 15.3. The van der Waals surface area contributed by atoms with Gasteiger partial charge >= 0.3 is 0 Å². The van der Waals surface area contributed by atoms with Gasteiger partial charge in [0.1, 0.15) is 5.82 Å². The smallest absolute Gasteiger partial charge is 0.207 e. The Labute approximate surface area is 163 Å². The molecule has 7 heteroatoms. The molecule has 1 saturated heterocycles. The van der Waals surface area contributed by atoms with E-state index < -0.39 is 3.79 Å². The van der Waals surface area contributed by atoms with Crippen LogP contribution in [0.3, 0.4) is 0 Å². The average molecular weight is 401 g/mol. The van der Waals surface area contributed by atoms with Crippen molar-refractivity contribution in [3.8, 4) is 11.1 Å². The minimum absolute atomic E-state index is 0.246. The van der Waals surface area contributed by atoms with Gasteiger partial charge in [0.15, 0.2) is 0 Å². The highest BCUT2D eigenvalue weighted by Gasteiger charge is 2.19. The highest BCUT2D eigenvalue weighted by Crippen LogP contribution is 2.30. The van der Waals surface area contributed by atoms with Crippen molar-refractivity contribution in [1.29, 1.82) is 0 Å². The van der Waals surface area contributed by atoms with Crippen LogP contribution in [0.2, 0.25) is 0 Å². The molecule has 4 nitrogen and oxygen atoms in total. The highest BCUT2D eigenvalue weighted by molar-refractivity contribution is 6.67. The van der Waals surface area contributed by atoms with Crippen molar-refractivity contribution in [3.63, 3.8) is 0 Å². The van der Waals surface area contributed by atoms with Gasteiger partial charge in [0.2, 0.25) is 3.79 Å². The Bertz CT molecular complexity index is 728. The Hall–Kier alpha value is -1.20. The first-order chi connectivity index (χ1) is 11.9. The number of benzene rings is 1. The lowest BCUT2D eigenvalue weighted by Crippen LogP contribution is -2.36. The molecule has 1 N–H and O–H groups in total. The summed E-state index contributed by atoms with van der Waals surface area (Å²) >= 11 is 17.5. The molecule has 134 valence electrons. The number of aryl methyl sites for hydroxylation is 1. The van der Waals surface area contributed by atoms with E-state index >= 15 is 0 Å². The van der Waals surface area contributed by atoms with E-state index in [2.05, 4.69) is 40.3 Å². The van der Waals surface area contributed by atoms with Gasteiger partial charge in [0.05, 0.1) is 19.8 Å². The van der Waals surface area contributed by atoms with Crippen LogP contribution in [0, 0.1) is 6.92 Å². The van der Waals surface area contributed by atoms with Crippen LogP contribution in [0.1, 0.15) is 5.56 Å². The van der Waals surface area contributed by atoms with Gasteiger partial charge < -0.3 is 15.0 Å². The molecule has 0 unspecified atom stereocenters. The zero-order chi connectivity index (χ0) is 17.9. The number of hydrogen-bond donors (Lipinski definition) is 1. The lowest BCUT2D eigenvalue weighted by atomic mass is 10.0. The van der Waals surface area contributed by atoms with Crippen molar-refractivity contribution in [1.82, 2.24) is 4.98 Å². The molecule has 2 heterocycles. The maximum atomic E-state index is 5.82. The van der Waals surface area contributed by atoms with Gasteiger partial charge in [-0.2, -0.15) is 0 Å². The van der Waals surface area contributed by atoms with E-state index in [0.29, 0.717) is 0 Å². The van der Waals surface area contributed by atoms with Gasteiger partial charge in [-0.25, -0.2) is 4.98 Å². The first-order valence-electron chi connectivity index (χ1n) is 8.13. The summed E-state index contributed by atoms with van der Waals surface area (Å²) in [5.74, 6) is 0.972. The van der Waals surface area contributed by atoms with E-state index in [1.54, 1.807) is 0 Å². The molecule has 25 heavy (non-hydrogen) atoms. The van der Waals surface area contributed by atoms with Crippen LogP contribution in [-0.4, -0.2) is 41.6 Å². The van der Waals surface area contributed by atoms with Crippen LogP contribution in [-0.2, 0) is 4.74 Å². The fourth-order valence-corrected chi connectivity index (χ4v) is 3.00. The Morgan fingerprint density at radius 1 is 1.16 bits per heavy atom. The molecule has 3 rings (SSSR count). The minimum Gasteiger partial charge on any atom is -0.381 e. The summed E-state index contributed by atoms with van der Waals surface area (Å²) in [6.07, 6.45) is 1.85. The first kappa shape index (κ1) is 18.6. The SMILES string of the molecule is Cc1ccc(NCC(Cl)(Cl)Cl)cc1-c1ccnc(N2CCOCC2)c1. The number of rotatable bonds is 4. The van der Waals surface area contributed by atoms with Gasteiger partial charge in [-0.1, -0.05) is 40.9 Å². The molecular weight excluding hydrogens is 381 g/mol. The van der Waals surface area contributed by atoms with Crippen molar-refractivity contribution in [2.24, 2.45) is 0 Å². The Balaban J connectivity index is 1.85. The number of morpholine rings is 1. The molecule has 0 atom stereocenters. The Morgan fingerprint density at radius 2 is 1.92 bits per heavy atom. The van der Waals surface area contributed by atoms with Crippen LogP contribution in [0.5, 0.6) is 0 Å². The van der Waals surface area contributed by atoms with Crippen molar-refractivity contribution in [2.45, 2.75) is 10.7 Å². The summed E-state index contributed by atoms with van der Waals surface area (Å²) in [7, 11) is 0. The molecule has 1 aromatic carbocycles. The summed E-state index contributed by atoms with van der Waals surface area (Å²) in [5.41, 5.74) is 4.34. The van der Waals surface area contributed by atoms with Gasteiger partial charge in [-0.3, -0.25) is 0 Å². The third-order valence-corrected chi connectivity index (χ3v) is 4.52. The fraction of sp³-hybridized carbons (Fsp3) is 0.389. The topological polar surface area (TPSA) is 37.4 Å². The molecular formula is C18H20Cl3N3O. The van der Waals surface area contributed by atoms with Crippen molar-refractivity contribution in [3.05, 3.63) is 42.1 Å². The van der Waals surface area contributed by atoms with Gasteiger partial charge in [-0.15, -0.1) is 0 Å². The molecule has 0 bridgehead atoms. The molecule has 1 fully saturated rings. The van der Waals surface area contributed by atoms with E-state index in [1.165, 1.54) is 5.56 Å². The van der Waals surface area contributed by atoms with Crippen LogP contribution in [0.15, 0.2) is 36.5 Å². The zero-order valence-electron chi connectivity index (χ0n) is 13.9. The highest BCUT2D eigenvalue weighted by atomic mass is 35.6. The monoisotopic (exact) mass is 399 g/mol. The minimum atomic E-state index is -1.33. The molecule has 1 aliphatic rings. The number of hydrogen-bond acceptors (Lipinski definition) is 4. The van der Waals surface area contributed by atoms with Gasteiger partial charge in [0.25, 0.3) is 0 Å². The maximum absolute atomic E-state index is 5.82. The van der Waals surface area contributed by atoms with Crippen LogP contribution in [0.4, 0.5) is 11.5 Å². The number of nitrogens with one attached hydrogen (secondary N) is 1. The third-order valence-electron chi connectivity index (χ3n) is 4.12. The predicted octanol–water partition coefficient (Wildman–Crippen LogP) is 4.68. The summed E-state index contributed by atoms with van der Waals surface area (Å²) in [6, 6.07) is 10.3. The van der Waals surface area contributed by atoms with Crippen molar-refractivity contribution >= 4 is 46.3 Å². The van der Waals surface area contributed by atoms with E-state index in [1.807, 2.05) is 18.3 Å². The number of nitrogens with zero attached hydrogens (tertiary/aromatic N) is 2. The van der Waals surface area contributed by atoms with Crippen molar-refractivity contribution in [2.75, 3.05) is 43.1 Å². The Kier molecular flexibility index (Phi) is 5.95. The van der Waals surface area contributed by atoms with Crippen molar-refractivity contribution < 1.29 is 4.74 Å². The first-order valence-corrected chi connectivity index (χ1v) is 9.26. The second kappa shape index (κ2) is 8.00. The number of ether oxygens (including phenoxy) is 1. The largest absolute Gasteiger partial charge is 0.381 e. The number of aromatic nitrogens is 1. The quantitative estimate of drug-likeness (QED) is 0.756. The second-order valence-corrected chi connectivity index (χ2v) is 8.52. The van der Waals surface area contributed by atoms with Crippen LogP contribution >= 0.6 is 34.8 Å². The number of pyridine rings is 1. The lowest BCUT2D eigenvalue weighted by molar-refractivity contribution is 0.122. The van der Waals surface area contributed by atoms with Gasteiger partial charge in [0, 0.05) is 25.0 Å². The number of alkyl halides is 3. The molecule has 0 radical (unpaired) electrons. The fourth-order valence-electron chi connectivity index (χ4n) is 2.80. The van der Waals surface area contributed by atoms with Gasteiger partial charge in [-0.05, 0) is 47.9 Å².